The van der Waals surface area contributed by atoms with E-state index in [1.54, 1.807) is 0 Å². The van der Waals surface area contributed by atoms with Gasteiger partial charge in [0.1, 0.15) is 0 Å². The van der Waals surface area contributed by atoms with Gasteiger partial charge in [-0.05, 0) is 12.8 Å². The normalized spacial score (nSPS) is 34.0. The lowest BCUT2D eigenvalue weighted by Gasteiger charge is -2.29. The predicted octanol–water partition coefficient (Wildman–Crippen LogP) is 0.381. The lowest BCUT2D eigenvalue weighted by Crippen LogP contribution is -2.46. The van der Waals surface area contributed by atoms with E-state index in [1.165, 1.54) is 19.3 Å². The molecule has 4 nitrogen and oxygen atoms in total. The van der Waals surface area contributed by atoms with Crippen LogP contribution >= 0.6 is 0 Å². The van der Waals surface area contributed by atoms with E-state index < -0.39 is 0 Å². The SMILES string of the molecule is N=C(N)N1CCOCC2CCCC21. The number of hydrogen-bond acceptors (Lipinski definition) is 2. The number of fused-ring (bicyclic) bond motifs is 1. The van der Waals surface area contributed by atoms with E-state index in [2.05, 4.69) is 0 Å². The Kier molecular flexibility index (Phi) is 2.40. The van der Waals surface area contributed by atoms with E-state index in [1.807, 2.05) is 4.90 Å². The van der Waals surface area contributed by atoms with E-state index in [9.17, 15) is 0 Å². The molecule has 1 heterocycles. The van der Waals surface area contributed by atoms with Crippen molar-refractivity contribution in [3.63, 3.8) is 0 Å². The molecule has 3 N–H and O–H groups in total. The summed E-state index contributed by atoms with van der Waals surface area (Å²) in [6.07, 6.45) is 3.66. The Balaban J connectivity index is 2.10. The molecule has 1 saturated heterocycles. The minimum Gasteiger partial charge on any atom is -0.379 e. The first-order chi connectivity index (χ1) is 6.29. The lowest BCUT2D eigenvalue weighted by atomic mass is 10.0. The van der Waals surface area contributed by atoms with Crippen molar-refractivity contribution < 1.29 is 4.74 Å². The van der Waals surface area contributed by atoms with Crippen molar-refractivity contribution in [3.8, 4) is 0 Å². The molecule has 0 aromatic rings. The molecule has 0 amide bonds. The molecule has 2 fully saturated rings. The number of nitrogens with two attached hydrogens (primary N) is 1. The molecule has 74 valence electrons. The minimum atomic E-state index is 0.211. The molecule has 1 aliphatic heterocycles. The van der Waals surface area contributed by atoms with Crippen LogP contribution in [0.1, 0.15) is 19.3 Å². The molecule has 0 spiro atoms. The summed E-state index contributed by atoms with van der Waals surface area (Å²) < 4.78 is 5.49. The van der Waals surface area contributed by atoms with Crippen molar-refractivity contribution in [2.45, 2.75) is 25.3 Å². The third kappa shape index (κ3) is 1.63. The van der Waals surface area contributed by atoms with E-state index in [0.29, 0.717) is 18.6 Å². The van der Waals surface area contributed by atoms with Gasteiger partial charge in [0.2, 0.25) is 0 Å². The average molecular weight is 183 g/mol. The zero-order chi connectivity index (χ0) is 9.26. The van der Waals surface area contributed by atoms with Crippen molar-refractivity contribution in [2.75, 3.05) is 19.8 Å². The molecule has 0 radical (unpaired) electrons. The molecule has 2 atom stereocenters. The van der Waals surface area contributed by atoms with E-state index >= 15 is 0 Å². The largest absolute Gasteiger partial charge is 0.379 e. The smallest absolute Gasteiger partial charge is 0.188 e. The Labute approximate surface area is 78.5 Å². The van der Waals surface area contributed by atoms with Crippen LogP contribution in [0, 0.1) is 11.3 Å². The molecule has 2 aliphatic rings. The standard InChI is InChI=1S/C9H17N3O/c10-9(11)12-4-5-13-6-7-2-1-3-8(7)12/h7-8H,1-6H2,(H3,10,11). The average Bonchev–Trinajstić information content (AvgIpc) is 2.44. The first kappa shape index (κ1) is 8.81. The quantitative estimate of drug-likeness (QED) is 0.421. The number of ether oxygens (including phenoxy) is 1. The molecule has 2 rings (SSSR count). The molecule has 1 saturated carbocycles. The van der Waals surface area contributed by atoms with Gasteiger partial charge in [0.15, 0.2) is 5.96 Å². The van der Waals surface area contributed by atoms with Crippen LogP contribution < -0.4 is 5.73 Å². The van der Waals surface area contributed by atoms with Crippen molar-refractivity contribution >= 4 is 5.96 Å². The Morgan fingerprint density at radius 2 is 2.31 bits per heavy atom. The summed E-state index contributed by atoms with van der Waals surface area (Å²) >= 11 is 0. The number of nitrogens with zero attached hydrogens (tertiary/aromatic N) is 1. The molecular formula is C9H17N3O. The van der Waals surface area contributed by atoms with Gasteiger partial charge in [0.25, 0.3) is 0 Å². The van der Waals surface area contributed by atoms with Gasteiger partial charge in [-0.1, -0.05) is 6.42 Å². The van der Waals surface area contributed by atoms with Crippen molar-refractivity contribution in [1.29, 1.82) is 5.41 Å². The number of hydrogen-bond donors (Lipinski definition) is 2. The Hall–Kier alpha value is -0.770. The monoisotopic (exact) mass is 183 g/mol. The van der Waals surface area contributed by atoms with Crippen LogP contribution in [0.25, 0.3) is 0 Å². The molecule has 0 aromatic heterocycles. The predicted molar refractivity (Wildman–Crippen MR) is 50.6 cm³/mol. The van der Waals surface area contributed by atoms with Crippen LogP contribution in [-0.4, -0.2) is 36.7 Å². The summed E-state index contributed by atoms with van der Waals surface area (Å²) in [6, 6.07) is 0.472. The van der Waals surface area contributed by atoms with Crippen LogP contribution in [0.15, 0.2) is 0 Å². The second kappa shape index (κ2) is 3.54. The summed E-state index contributed by atoms with van der Waals surface area (Å²) in [4.78, 5) is 2.00. The molecule has 4 heteroatoms. The zero-order valence-electron chi connectivity index (χ0n) is 7.83. The lowest BCUT2D eigenvalue weighted by molar-refractivity contribution is 0.121. The van der Waals surface area contributed by atoms with Crippen LogP contribution in [0.2, 0.25) is 0 Å². The van der Waals surface area contributed by atoms with Gasteiger partial charge >= 0.3 is 0 Å². The fourth-order valence-electron chi connectivity index (χ4n) is 2.48. The van der Waals surface area contributed by atoms with Crippen molar-refractivity contribution in [1.82, 2.24) is 4.90 Å². The van der Waals surface area contributed by atoms with E-state index in [4.69, 9.17) is 15.9 Å². The minimum absolute atomic E-state index is 0.211. The number of guanidine groups is 1. The van der Waals surface area contributed by atoms with Gasteiger partial charge in [-0.2, -0.15) is 0 Å². The fourth-order valence-corrected chi connectivity index (χ4v) is 2.48. The van der Waals surface area contributed by atoms with Crippen molar-refractivity contribution in [3.05, 3.63) is 0 Å². The highest BCUT2D eigenvalue weighted by Crippen LogP contribution is 2.31. The molecule has 0 bridgehead atoms. The Morgan fingerprint density at radius 1 is 1.46 bits per heavy atom. The van der Waals surface area contributed by atoms with Gasteiger partial charge in [-0.3, -0.25) is 5.41 Å². The maximum atomic E-state index is 7.49. The van der Waals surface area contributed by atoms with Crippen molar-refractivity contribution in [2.24, 2.45) is 11.7 Å². The summed E-state index contributed by atoms with van der Waals surface area (Å²) in [5.41, 5.74) is 5.55. The van der Waals surface area contributed by atoms with Crippen LogP contribution in [0.3, 0.4) is 0 Å². The van der Waals surface area contributed by atoms with E-state index in [-0.39, 0.29) is 5.96 Å². The van der Waals surface area contributed by atoms with Crippen LogP contribution in [0.5, 0.6) is 0 Å². The maximum absolute atomic E-state index is 7.49. The molecule has 13 heavy (non-hydrogen) atoms. The molecule has 2 unspecified atom stereocenters. The fraction of sp³-hybridized carbons (Fsp3) is 0.889. The number of nitrogens with one attached hydrogen (secondary N) is 1. The summed E-state index contributed by atoms with van der Waals surface area (Å²) in [6.45, 7) is 2.36. The second-order valence-electron chi connectivity index (χ2n) is 3.91. The molecule has 1 aliphatic carbocycles. The van der Waals surface area contributed by atoms with Crippen LogP contribution in [0.4, 0.5) is 0 Å². The third-order valence-electron chi connectivity index (χ3n) is 3.14. The maximum Gasteiger partial charge on any atom is 0.188 e. The summed E-state index contributed by atoms with van der Waals surface area (Å²) in [7, 11) is 0. The Morgan fingerprint density at radius 3 is 3.08 bits per heavy atom. The number of rotatable bonds is 0. The molecule has 0 aromatic carbocycles. The Bertz CT molecular complexity index is 207. The summed E-state index contributed by atoms with van der Waals surface area (Å²) in [5.74, 6) is 0.814. The molecular weight excluding hydrogens is 166 g/mol. The first-order valence-electron chi connectivity index (χ1n) is 4.97. The highest BCUT2D eigenvalue weighted by atomic mass is 16.5. The van der Waals surface area contributed by atoms with Gasteiger partial charge < -0.3 is 15.4 Å². The topological polar surface area (TPSA) is 62.3 Å². The van der Waals surface area contributed by atoms with Gasteiger partial charge in [0.05, 0.1) is 13.2 Å². The van der Waals surface area contributed by atoms with E-state index in [0.717, 1.165) is 13.2 Å². The second-order valence-corrected chi connectivity index (χ2v) is 3.91. The highest BCUT2D eigenvalue weighted by molar-refractivity contribution is 5.75. The third-order valence-corrected chi connectivity index (χ3v) is 3.14. The first-order valence-corrected chi connectivity index (χ1v) is 4.97. The van der Waals surface area contributed by atoms with Gasteiger partial charge in [0, 0.05) is 18.5 Å². The summed E-state index contributed by atoms with van der Waals surface area (Å²) in [5, 5.41) is 7.49. The zero-order valence-corrected chi connectivity index (χ0v) is 7.83. The van der Waals surface area contributed by atoms with Crippen LogP contribution in [-0.2, 0) is 4.74 Å². The highest BCUT2D eigenvalue weighted by Gasteiger charge is 2.34. The van der Waals surface area contributed by atoms with Gasteiger partial charge in [-0.15, -0.1) is 0 Å². The van der Waals surface area contributed by atoms with Gasteiger partial charge in [-0.25, -0.2) is 0 Å².